The lowest BCUT2D eigenvalue weighted by Crippen LogP contribution is -2.22. The fourth-order valence-corrected chi connectivity index (χ4v) is 2.62. The van der Waals surface area contributed by atoms with Crippen LogP contribution in [-0.2, 0) is 16.1 Å². The first kappa shape index (κ1) is 13.5. The van der Waals surface area contributed by atoms with E-state index in [0.717, 1.165) is 21.6 Å². The third-order valence-corrected chi connectivity index (χ3v) is 3.53. The second kappa shape index (κ2) is 5.79. The van der Waals surface area contributed by atoms with Gasteiger partial charge in [0.1, 0.15) is 6.54 Å². The van der Waals surface area contributed by atoms with E-state index in [4.69, 9.17) is 10.1 Å². The summed E-state index contributed by atoms with van der Waals surface area (Å²) in [4.78, 5) is 23.0. The van der Waals surface area contributed by atoms with Crippen molar-refractivity contribution in [3.63, 3.8) is 0 Å². The molecule has 19 heavy (non-hydrogen) atoms. The first-order chi connectivity index (χ1) is 9.11. The molecule has 0 radical (unpaired) electrons. The zero-order chi connectivity index (χ0) is 13.8. The average molecular weight is 278 g/mol. The molecule has 0 aliphatic carbocycles. The van der Waals surface area contributed by atoms with Gasteiger partial charge in [0.05, 0.1) is 10.2 Å². The van der Waals surface area contributed by atoms with Crippen molar-refractivity contribution in [3.8, 4) is 0 Å². The van der Waals surface area contributed by atoms with Gasteiger partial charge in [0.2, 0.25) is 5.90 Å². The highest BCUT2D eigenvalue weighted by Gasteiger charge is 2.11. The van der Waals surface area contributed by atoms with Gasteiger partial charge in [-0.1, -0.05) is 30.4 Å². The van der Waals surface area contributed by atoms with Crippen LogP contribution in [0.25, 0.3) is 10.2 Å². The molecular formula is C13H14N2O3S. The Morgan fingerprint density at radius 2 is 2.16 bits per heavy atom. The van der Waals surface area contributed by atoms with Crippen LogP contribution in [0.4, 0.5) is 0 Å². The largest absolute Gasteiger partial charge is 0.410 e. The molecule has 5 nitrogen and oxygen atoms in total. The van der Waals surface area contributed by atoms with Gasteiger partial charge in [-0.25, -0.2) is 0 Å². The summed E-state index contributed by atoms with van der Waals surface area (Å²) in [5.74, 6) is -0.635. The van der Waals surface area contributed by atoms with E-state index >= 15 is 0 Å². The van der Waals surface area contributed by atoms with Crippen molar-refractivity contribution in [1.29, 1.82) is 5.41 Å². The number of benzene rings is 1. The number of carbonyl (C=O) groups excluding carboxylic acids is 1. The summed E-state index contributed by atoms with van der Waals surface area (Å²) in [6.45, 7) is 1.85. The number of carbonyl (C=O) groups is 1. The topological polar surface area (TPSA) is 72.2 Å². The Labute approximate surface area is 113 Å². The van der Waals surface area contributed by atoms with Gasteiger partial charge >= 0.3 is 10.8 Å². The Hall–Kier alpha value is -1.95. The molecule has 0 fully saturated rings. The Morgan fingerprint density at radius 1 is 1.42 bits per heavy atom. The van der Waals surface area contributed by atoms with Gasteiger partial charge in [-0.2, -0.15) is 0 Å². The van der Waals surface area contributed by atoms with Crippen LogP contribution in [0, 0.1) is 5.41 Å². The van der Waals surface area contributed by atoms with Gasteiger partial charge in [-0.3, -0.25) is 19.6 Å². The summed E-state index contributed by atoms with van der Waals surface area (Å²) in [5, 5.41) is 7.65. The average Bonchev–Trinajstić information content (AvgIpc) is 2.66. The molecule has 0 unspecified atom stereocenters. The maximum absolute atomic E-state index is 11.8. The van der Waals surface area contributed by atoms with Crippen LogP contribution in [0.2, 0.25) is 0 Å². The van der Waals surface area contributed by atoms with Gasteiger partial charge in [0.25, 0.3) is 0 Å². The van der Waals surface area contributed by atoms with E-state index in [1.54, 1.807) is 0 Å². The summed E-state index contributed by atoms with van der Waals surface area (Å²) in [6.07, 6.45) is 0.953. The van der Waals surface area contributed by atoms with Crippen molar-refractivity contribution in [2.45, 2.75) is 26.3 Å². The summed E-state index contributed by atoms with van der Waals surface area (Å²) < 4.78 is 7.16. The van der Waals surface area contributed by atoms with E-state index < -0.39 is 5.97 Å². The van der Waals surface area contributed by atoms with Crippen LogP contribution >= 0.6 is 11.3 Å². The minimum absolute atomic E-state index is 0.0156. The van der Waals surface area contributed by atoms with E-state index in [2.05, 4.69) is 0 Å². The van der Waals surface area contributed by atoms with Crippen LogP contribution in [0.1, 0.15) is 19.8 Å². The molecule has 0 saturated carbocycles. The van der Waals surface area contributed by atoms with E-state index in [0.29, 0.717) is 6.42 Å². The zero-order valence-corrected chi connectivity index (χ0v) is 11.3. The van der Waals surface area contributed by atoms with Crippen LogP contribution in [0.5, 0.6) is 0 Å². The highest BCUT2D eigenvalue weighted by Crippen LogP contribution is 2.16. The van der Waals surface area contributed by atoms with Crippen LogP contribution in [0.3, 0.4) is 0 Å². The van der Waals surface area contributed by atoms with Crippen molar-refractivity contribution in [3.05, 3.63) is 33.9 Å². The van der Waals surface area contributed by atoms with Crippen LogP contribution in [0.15, 0.2) is 29.1 Å². The molecule has 0 aliphatic heterocycles. The first-order valence-corrected chi connectivity index (χ1v) is 6.80. The van der Waals surface area contributed by atoms with Crippen molar-refractivity contribution in [2.75, 3.05) is 0 Å². The minimum Gasteiger partial charge on any atom is -0.410 e. The Morgan fingerprint density at radius 3 is 2.89 bits per heavy atom. The number of aromatic nitrogens is 1. The molecule has 6 heteroatoms. The molecule has 2 aromatic rings. The standard InChI is InChI=1S/C13H14N2O3S/c1-2-5-12(16)18-11(14)8-15-9-6-3-4-7-10(9)19-13(15)17/h3-4,6-7,14H,2,5,8H2,1H3. The van der Waals surface area contributed by atoms with Crippen molar-refractivity contribution < 1.29 is 9.53 Å². The second-order valence-electron chi connectivity index (χ2n) is 4.07. The van der Waals surface area contributed by atoms with Crippen molar-refractivity contribution in [1.82, 2.24) is 4.57 Å². The summed E-state index contributed by atoms with van der Waals surface area (Å²) in [6, 6.07) is 7.35. The van der Waals surface area contributed by atoms with Crippen molar-refractivity contribution >= 4 is 33.4 Å². The second-order valence-corrected chi connectivity index (χ2v) is 5.06. The summed E-state index contributed by atoms with van der Waals surface area (Å²) in [7, 11) is 0. The highest BCUT2D eigenvalue weighted by atomic mass is 32.1. The SMILES string of the molecule is CCCC(=O)OC(=N)Cn1c(=O)sc2ccccc21. The van der Waals surface area contributed by atoms with Gasteiger partial charge in [-0.05, 0) is 18.6 Å². The quantitative estimate of drug-likeness (QED) is 0.530. The molecule has 100 valence electrons. The van der Waals surface area contributed by atoms with E-state index in [1.165, 1.54) is 4.57 Å². The fraction of sp³-hybridized carbons (Fsp3) is 0.308. The van der Waals surface area contributed by atoms with Crippen LogP contribution < -0.4 is 4.87 Å². The minimum atomic E-state index is -0.430. The normalized spacial score (nSPS) is 10.6. The molecule has 1 aromatic heterocycles. The number of hydrogen-bond acceptors (Lipinski definition) is 5. The van der Waals surface area contributed by atoms with Crippen LogP contribution in [-0.4, -0.2) is 16.4 Å². The third-order valence-electron chi connectivity index (χ3n) is 2.57. The monoisotopic (exact) mass is 278 g/mol. The number of ether oxygens (including phenoxy) is 1. The number of fused-ring (bicyclic) bond motifs is 1. The number of thiazole rings is 1. The number of hydrogen-bond donors (Lipinski definition) is 1. The maximum Gasteiger partial charge on any atom is 0.312 e. The number of nitrogens with zero attached hydrogens (tertiary/aromatic N) is 1. The number of para-hydroxylation sites is 1. The van der Waals surface area contributed by atoms with E-state index in [1.807, 2.05) is 31.2 Å². The molecule has 2 rings (SSSR count). The molecule has 0 spiro atoms. The lowest BCUT2D eigenvalue weighted by molar-refractivity contribution is -0.135. The molecule has 1 heterocycles. The number of rotatable bonds is 4. The lowest BCUT2D eigenvalue weighted by Gasteiger charge is -2.06. The molecule has 1 N–H and O–H groups in total. The first-order valence-electron chi connectivity index (χ1n) is 5.98. The molecule has 0 bridgehead atoms. The lowest BCUT2D eigenvalue weighted by atomic mass is 10.3. The Bertz CT molecular complexity index is 672. The predicted molar refractivity (Wildman–Crippen MR) is 74.8 cm³/mol. The highest BCUT2D eigenvalue weighted by molar-refractivity contribution is 7.16. The molecule has 1 aromatic carbocycles. The molecular weight excluding hydrogens is 264 g/mol. The molecule has 0 saturated heterocycles. The maximum atomic E-state index is 11.8. The Kier molecular flexibility index (Phi) is 4.11. The smallest absolute Gasteiger partial charge is 0.312 e. The van der Waals surface area contributed by atoms with Gasteiger partial charge in [0, 0.05) is 6.42 Å². The van der Waals surface area contributed by atoms with Gasteiger partial charge in [-0.15, -0.1) is 0 Å². The molecule has 0 atom stereocenters. The summed E-state index contributed by atoms with van der Waals surface area (Å²) in [5.41, 5.74) is 0.758. The van der Waals surface area contributed by atoms with E-state index in [9.17, 15) is 9.59 Å². The number of esters is 1. The third kappa shape index (κ3) is 3.08. The fourth-order valence-electron chi connectivity index (χ4n) is 1.73. The predicted octanol–water partition coefficient (Wildman–Crippen LogP) is 2.38. The summed E-state index contributed by atoms with van der Waals surface area (Å²) >= 11 is 1.12. The van der Waals surface area contributed by atoms with E-state index in [-0.39, 0.29) is 23.7 Å². The van der Waals surface area contributed by atoms with Crippen molar-refractivity contribution in [2.24, 2.45) is 0 Å². The number of nitrogens with one attached hydrogen (secondary N) is 1. The van der Waals surface area contributed by atoms with Gasteiger partial charge in [0.15, 0.2) is 0 Å². The molecule has 0 amide bonds. The molecule has 0 aliphatic rings. The zero-order valence-electron chi connectivity index (χ0n) is 10.5. The Balaban J connectivity index is 2.17. The van der Waals surface area contributed by atoms with Gasteiger partial charge < -0.3 is 4.74 Å².